The first kappa shape index (κ1) is 14.7. The maximum Gasteiger partial charge on any atom is 0.224 e. The number of nitrogen functional groups attached to an aromatic ring is 1. The van der Waals surface area contributed by atoms with Crippen molar-refractivity contribution in [3.05, 3.63) is 54.1 Å². The molecule has 0 bridgehead atoms. The standard InChI is InChI=1S/C16H18N2O3/c17-13-2-1-3-15(11-13)21-9-8-18-16(20)10-12-4-6-14(19)7-5-12/h1-7,11,19H,8-10,17H2,(H,18,20). The molecule has 0 heterocycles. The first-order valence-electron chi connectivity index (χ1n) is 6.66. The van der Waals surface area contributed by atoms with Crippen LogP contribution in [-0.2, 0) is 11.2 Å². The fraction of sp³-hybridized carbons (Fsp3) is 0.188. The molecule has 0 saturated heterocycles. The lowest BCUT2D eigenvalue weighted by molar-refractivity contribution is -0.120. The number of anilines is 1. The molecule has 0 saturated carbocycles. The zero-order valence-electron chi connectivity index (χ0n) is 11.6. The van der Waals surface area contributed by atoms with E-state index in [0.717, 1.165) is 5.56 Å². The number of hydrogen-bond donors (Lipinski definition) is 3. The molecule has 4 N–H and O–H groups in total. The number of phenolic OH excluding ortho intramolecular Hbond substituents is 1. The van der Waals surface area contributed by atoms with Gasteiger partial charge in [0.05, 0.1) is 13.0 Å². The number of rotatable bonds is 6. The molecule has 0 unspecified atom stereocenters. The van der Waals surface area contributed by atoms with Gasteiger partial charge in [-0.05, 0) is 29.8 Å². The summed E-state index contributed by atoms with van der Waals surface area (Å²) in [6, 6.07) is 13.7. The Morgan fingerprint density at radius 1 is 1.19 bits per heavy atom. The average molecular weight is 286 g/mol. The van der Waals surface area contributed by atoms with Gasteiger partial charge in [-0.2, -0.15) is 0 Å². The Balaban J connectivity index is 1.68. The second kappa shape index (κ2) is 7.19. The van der Waals surface area contributed by atoms with Crippen LogP contribution in [0.4, 0.5) is 5.69 Å². The summed E-state index contributed by atoms with van der Waals surface area (Å²) in [6.45, 7) is 0.802. The van der Waals surface area contributed by atoms with Crippen LogP contribution < -0.4 is 15.8 Å². The number of aromatic hydroxyl groups is 1. The van der Waals surface area contributed by atoms with Crippen molar-refractivity contribution in [3.8, 4) is 11.5 Å². The Morgan fingerprint density at radius 3 is 2.67 bits per heavy atom. The molecule has 0 radical (unpaired) electrons. The first-order chi connectivity index (χ1) is 10.1. The molecule has 0 fully saturated rings. The third-order valence-electron chi connectivity index (χ3n) is 2.85. The molecule has 0 aliphatic heterocycles. The van der Waals surface area contributed by atoms with Crippen LogP contribution in [0.25, 0.3) is 0 Å². The highest BCUT2D eigenvalue weighted by molar-refractivity contribution is 5.78. The SMILES string of the molecule is Nc1cccc(OCCNC(=O)Cc2ccc(O)cc2)c1. The van der Waals surface area contributed by atoms with E-state index < -0.39 is 0 Å². The molecular formula is C16H18N2O3. The number of phenols is 1. The van der Waals surface area contributed by atoms with Crippen LogP contribution >= 0.6 is 0 Å². The van der Waals surface area contributed by atoms with E-state index in [1.807, 2.05) is 12.1 Å². The summed E-state index contributed by atoms with van der Waals surface area (Å²) in [5, 5.41) is 11.9. The van der Waals surface area contributed by atoms with Gasteiger partial charge in [-0.1, -0.05) is 18.2 Å². The monoisotopic (exact) mass is 286 g/mol. The van der Waals surface area contributed by atoms with E-state index >= 15 is 0 Å². The smallest absolute Gasteiger partial charge is 0.224 e. The zero-order valence-corrected chi connectivity index (χ0v) is 11.6. The van der Waals surface area contributed by atoms with Crippen molar-refractivity contribution in [2.75, 3.05) is 18.9 Å². The second-order valence-electron chi connectivity index (χ2n) is 4.61. The lowest BCUT2D eigenvalue weighted by Gasteiger charge is -2.08. The molecule has 5 nitrogen and oxygen atoms in total. The van der Waals surface area contributed by atoms with Gasteiger partial charge in [0, 0.05) is 11.8 Å². The summed E-state index contributed by atoms with van der Waals surface area (Å²) < 4.78 is 5.48. The van der Waals surface area contributed by atoms with Gasteiger partial charge in [-0.15, -0.1) is 0 Å². The molecule has 0 aromatic heterocycles. The van der Waals surface area contributed by atoms with Crippen LogP contribution in [0.1, 0.15) is 5.56 Å². The van der Waals surface area contributed by atoms with E-state index in [4.69, 9.17) is 15.6 Å². The molecular weight excluding hydrogens is 268 g/mol. The summed E-state index contributed by atoms with van der Waals surface area (Å²) in [4.78, 5) is 11.7. The minimum atomic E-state index is -0.0862. The number of amides is 1. The lowest BCUT2D eigenvalue weighted by Crippen LogP contribution is -2.29. The van der Waals surface area contributed by atoms with Crippen LogP contribution in [-0.4, -0.2) is 24.2 Å². The summed E-state index contributed by atoms with van der Waals surface area (Å²) in [7, 11) is 0. The van der Waals surface area contributed by atoms with Crippen molar-refractivity contribution in [2.45, 2.75) is 6.42 Å². The average Bonchev–Trinajstić information content (AvgIpc) is 2.46. The first-order valence-corrected chi connectivity index (χ1v) is 6.66. The molecule has 1 amide bonds. The third kappa shape index (κ3) is 5.06. The highest BCUT2D eigenvalue weighted by Gasteiger charge is 2.03. The molecule has 2 rings (SSSR count). The molecule has 0 atom stereocenters. The number of nitrogens with one attached hydrogen (secondary N) is 1. The largest absolute Gasteiger partial charge is 0.508 e. The fourth-order valence-electron chi connectivity index (χ4n) is 1.83. The van der Waals surface area contributed by atoms with E-state index in [0.29, 0.717) is 24.6 Å². The summed E-state index contributed by atoms with van der Waals surface area (Å²) >= 11 is 0. The van der Waals surface area contributed by atoms with Gasteiger partial charge in [-0.25, -0.2) is 0 Å². The van der Waals surface area contributed by atoms with Crippen molar-refractivity contribution in [3.63, 3.8) is 0 Å². The minimum Gasteiger partial charge on any atom is -0.508 e. The van der Waals surface area contributed by atoms with Gasteiger partial charge in [0.2, 0.25) is 5.91 Å². The van der Waals surface area contributed by atoms with Gasteiger partial charge in [0.25, 0.3) is 0 Å². The summed E-state index contributed by atoms with van der Waals surface area (Å²) in [5.74, 6) is 0.786. The van der Waals surface area contributed by atoms with Gasteiger partial charge >= 0.3 is 0 Å². The molecule has 0 spiro atoms. The number of benzene rings is 2. The van der Waals surface area contributed by atoms with Crippen molar-refractivity contribution < 1.29 is 14.6 Å². The second-order valence-corrected chi connectivity index (χ2v) is 4.61. The molecule has 2 aromatic carbocycles. The van der Waals surface area contributed by atoms with E-state index in [2.05, 4.69) is 5.32 Å². The van der Waals surface area contributed by atoms with Crippen LogP contribution in [0, 0.1) is 0 Å². The van der Waals surface area contributed by atoms with Crippen LogP contribution in [0.2, 0.25) is 0 Å². The van der Waals surface area contributed by atoms with E-state index in [1.165, 1.54) is 0 Å². The van der Waals surface area contributed by atoms with E-state index in [9.17, 15) is 4.79 Å². The Labute approximate surface area is 123 Å². The maximum absolute atomic E-state index is 11.7. The van der Waals surface area contributed by atoms with Gasteiger partial charge in [0.15, 0.2) is 0 Å². The van der Waals surface area contributed by atoms with Crippen molar-refractivity contribution in [1.29, 1.82) is 0 Å². The fourth-order valence-corrected chi connectivity index (χ4v) is 1.83. The maximum atomic E-state index is 11.7. The zero-order chi connectivity index (χ0) is 15.1. The molecule has 0 aliphatic carbocycles. The Hall–Kier alpha value is -2.69. The highest BCUT2D eigenvalue weighted by atomic mass is 16.5. The van der Waals surface area contributed by atoms with Crippen molar-refractivity contribution >= 4 is 11.6 Å². The van der Waals surface area contributed by atoms with Crippen molar-refractivity contribution in [2.24, 2.45) is 0 Å². The van der Waals surface area contributed by atoms with Gasteiger partial charge in [-0.3, -0.25) is 4.79 Å². The Morgan fingerprint density at radius 2 is 1.95 bits per heavy atom. The molecule has 2 aromatic rings. The van der Waals surface area contributed by atoms with Gasteiger partial charge < -0.3 is 20.9 Å². The van der Waals surface area contributed by atoms with E-state index in [1.54, 1.807) is 36.4 Å². The van der Waals surface area contributed by atoms with Gasteiger partial charge in [0.1, 0.15) is 18.1 Å². The summed E-state index contributed by atoms with van der Waals surface area (Å²) in [6.07, 6.45) is 0.276. The minimum absolute atomic E-state index is 0.0862. The highest BCUT2D eigenvalue weighted by Crippen LogP contribution is 2.14. The topological polar surface area (TPSA) is 84.6 Å². The Bertz CT molecular complexity index is 597. The van der Waals surface area contributed by atoms with E-state index in [-0.39, 0.29) is 18.1 Å². The number of ether oxygens (including phenoxy) is 1. The molecule has 0 aliphatic rings. The predicted molar refractivity (Wildman–Crippen MR) is 81.2 cm³/mol. The van der Waals surface area contributed by atoms with Crippen LogP contribution in [0.3, 0.4) is 0 Å². The number of carbonyl (C=O) groups is 1. The number of nitrogens with two attached hydrogens (primary N) is 1. The molecule has 5 heteroatoms. The normalized spacial score (nSPS) is 10.1. The predicted octanol–water partition coefficient (Wildman–Crippen LogP) is 1.71. The van der Waals surface area contributed by atoms with Crippen LogP contribution in [0.5, 0.6) is 11.5 Å². The Kier molecular flexibility index (Phi) is 5.04. The number of hydrogen-bond acceptors (Lipinski definition) is 4. The lowest BCUT2D eigenvalue weighted by atomic mass is 10.1. The molecule has 21 heavy (non-hydrogen) atoms. The van der Waals surface area contributed by atoms with Crippen molar-refractivity contribution in [1.82, 2.24) is 5.32 Å². The quantitative estimate of drug-likeness (QED) is 0.557. The number of carbonyl (C=O) groups excluding carboxylic acids is 1. The summed E-state index contributed by atoms with van der Waals surface area (Å²) in [5.41, 5.74) is 7.13. The van der Waals surface area contributed by atoms with Crippen LogP contribution in [0.15, 0.2) is 48.5 Å². The molecule has 110 valence electrons. The third-order valence-corrected chi connectivity index (χ3v) is 2.85.